The molecule has 1 fully saturated rings. The van der Waals surface area contributed by atoms with E-state index in [1.807, 2.05) is 13.8 Å². The Morgan fingerprint density at radius 2 is 2.08 bits per heavy atom. The molecule has 0 bridgehead atoms. The molecule has 1 heterocycles. The third kappa shape index (κ3) is 2.19. The molecule has 4 nitrogen and oxygen atoms in total. The van der Waals surface area contributed by atoms with Crippen molar-refractivity contribution in [1.29, 1.82) is 0 Å². The zero-order valence-electron chi connectivity index (χ0n) is 8.36. The maximum atomic E-state index is 11.2. The smallest absolute Gasteiger partial charge is 0.309 e. The van der Waals surface area contributed by atoms with Gasteiger partial charge in [-0.25, -0.2) is 0 Å². The van der Waals surface area contributed by atoms with Gasteiger partial charge in [-0.05, 0) is 6.92 Å². The third-order valence-electron chi connectivity index (χ3n) is 2.76. The Hall–Kier alpha value is -0.610. The number of carbonyl (C=O) groups is 1. The number of rotatable bonds is 3. The van der Waals surface area contributed by atoms with Crippen LogP contribution < -0.4 is 0 Å². The van der Waals surface area contributed by atoms with Crippen molar-refractivity contribution < 1.29 is 14.6 Å². The molecule has 0 aromatic heterocycles. The summed E-state index contributed by atoms with van der Waals surface area (Å²) in [5.41, 5.74) is 0. The summed E-state index contributed by atoms with van der Waals surface area (Å²) in [6.07, 6.45) is -0.215. The monoisotopic (exact) mass is 187 g/mol. The van der Waals surface area contributed by atoms with E-state index in [0.717, 1.165) is 0 Å². The van der Waals surface area contributed by atoms with E-state index < -0.39 is 0 Å². The van der Waals surface area contributed by atoms with E-state index in [1.165, 1.54) is 7.11 Å². The molecule has 1 rings (SSSR count). The molecule has 0 radical (unpaired) electrons. The van der Waals surface area contributed by atoms with Crippen LogP contribution in [0, 0.1) is 5.92 Å². The highest BCUT2D eigenvalue weighted by molar-refractivity contribution is 5.72. The molecule has 1 N–H and O–H groups in total. The van der Waals surface area contributed by atoms with E-state index in [1.54, 1.807) is 0 Å². The first-order valence-electron chi connectivity index (χ1n) is 4.56. The molecule has 76 valence electrons. The molecule has 4 heteroatoms. The van der Waals surface area contributed by atoms with Gasteiger partial charge < -0.3 is 9.84 Å². The van der Waals surface area contributed by atoms with Gasteiger partial charge in [-0.15, -0.1) is 0 Å². The molecular weight excluding hydrogens is 170 g/mol. The molecule has 0 saturated carbocycles. The first-order valence-corrected chi connectivity index (χ1v) is 4.56. The normalized spacial score (nSPS) is 23.4. The number of likely N-dealkylation sites (tertiary alicyclic amines) is 1. The summed E-state index contributed by atoms with van der Waals surface area (Å²) in [4.78, 5) is 13.2. The summed E-state index contributed by atoms with van der Waals surface area (Å²) in [5.74, 6) is -0.314. The Kier molecular flexibility index (Phi) is 3.27. The highest BCUT2D eigenvalue weighted by Gasteiger charge is 2.33. The van der Waals surface area contributed by atoms with Crippen LogP contribution in [0.15, 0.2) is 0 Å². The lowest BCUT2D eigenvalue weighted by Crippen LogP contribution is -2.57. The molecule has 1 aliphatic rings. The summed E-state index contributed by atoms with van der Waals surface area (Å²) in [6.45, 7) is 5.17. The van der Waals surface area contributed by atoms with Crippen LogP contribution in [0.4, 0.5) is 0 Å². The zero-order chi connectivity index (χ0) is 10.0. The van der Waals surface area contributed by atoms with Gasteiger partial charge in [-0.1, -0.05) is 6.92 Å². The van der Waals surface area contributed by atoms with E-state index in [4.69, 9.17) is 5.11 Å². The van der Waals surface area contributed by atoms with Crippen LogP contribution >= 0.6 is 0 Å². The first kappa shape index (κ1) is 10.5. The molecular formula is C9H17NO3. The number of methoxy groups -OCH3 is 1. The van der Waals surface area contributed by atoms with E-state index in [2.05, 4.69) is 9.64 Å². The van der Waals surface area contributed by atoms with Crippen LogP contribution in [0.5, 0.6) is 0 Å². The van der Waals surface area contributed by atoms with Gasteiger partial charge in [-0.3, -0.25) is 9.69 Å². The van der Waals surface area contributed by atoms with Crippen LogP contribution in [-0.4, -0.2) is 48.3 Å². The second-order valence-corrected chi connectivity index (χ2v) is 3.66. The molecule has 2 atom stereocenters. The lowest BCUT2D eigenvalue weighted by molar-refractivity contribution is -0.149. The number of carbonyl (C=O) groups excluding carboxylic acids is 1. The zero-order valence-corrected chi connectivity index (χ0v) is 8.36. The van der Waals surface area contributed by atoms with Gasteiger partial charge in [0.25, 0.3) is 0 Å². The maximum absolute atomic E-state index is 11.2. The number of nitrogens with zero attached hydrogens (tertiary/aromatic N) is 1. The summed E-state index contributed by atoms with van der Waals surface area (Å²) in [6, 6.07) is 0.149. The van der Waals surface area contributed by atoms with E-state index in [0.29, 0.717) is 13.1 Å². The Labute approximate surface area is 78.5 Å². The fourth-order valence-corrected chi connectivity index (χ4v) is 1.52. The fraction of sp³-hybridized carbons (Fsp3) is 0.889. The molecule has 0 spiro atoms. The molecule has 1 aliphatic heterocycles. The van der Waals surface area contributed by atoms with Crippen LogP contribution in [0.3, 0.4) is 0 Å². The van der Waals surface area contributed by atoms with Crippen molar-refractivity contribution >= 4 is 5.97 Å². The van der Waals surface area contributed by atoms with Crippen molar-refractivity contribution in [1.82, 2.24) is 4.90 Å². The number of aliphatic hydroxyl groups excluding tert-OH is 1. The predicted octanol–water partition coefficient (Wildman–Crippen LogP) is -0.139. The summed E-state index contributed by atoms with van der Waals surface area (Å²) < 4.78 is 4.65. The van der Waals surface area contributed by atoms with Crippen molar-refractivity contribution in [2.45, 2.75) is 26.0 Å². The minimum atomic E-state index is -0.215. The Morgan fingerprint density at radius 3 is 2.46 bits per heavy atom. The van der Waals surface area contributed by atoms with Crippen molar-refractivity contribution in [3.05, 3.63) is 0 Å². The van der Waals surface area contributed by atoms with Crippen LogP contribution in [0.1, 0.15) is 13.8 Å². The lowest BCUT2D eigenvalue weighted by Gasteiger charge is -2.42. The molecule has 0 aliphatic carbocycles. The average Bonchev–Trinajstić information content (AvgIpc) is 2.09. The fourth-order valence-electron chi connectivity index (χ4n) is 1.52. The number of aliphatic hydroxyl groups is 1. The van der Waals surface area contributed by atoms with Crippen molar-refractivity contribution in [2.24, 2.45) is 5.92 Å². The van der Waals surface area contributed by atoms with E-state index >= 15 is 0 Å². The third-order valence-corrected chi connectivity index (χ3v) is 2.76. The minimum absolute atomic E-state index is 0.127. The SMILES string of the molecule is COC(=O)C(C)C(C)N1CC(O)C1. The molecule has 0 aromatic rings. The van der Waals surface area contributed by atoms with Crippen molar-refractivity contribution in [3.8, 4) is 0 Å². The predicted molar refractivity (Wildman–Crippen MR) is 48.2 cm³/mol. The second-order valence-electron chi connectivity index (χ2n) is 3.66. The Morgan fingerprint density at radius 1 is 1.54 bits per heavy atom. The summed E-state index contributed by atoms with van der Waals surface area (Å²) in [5, 5.41) is 9.09. The van der Waals surface area contributed by atoms with Gasteiger partial charge in [0.15, 0.2) is 0 Å². The lowest BCUT2D eigenvalue weighted by atomic mass is 9.98. The highest BCUT2D eigenvalue weighted by atomic mass is 16.5. The van der Waals surface area contributed by atoms with Crippen molar-refractivity contribution in [3.63, 3.8) is 0 Å². The first-order chi connectivity index (χ1) is 6.06. The molecule has 2 unspecified atom stereocenters. The topological polar surface area (TPSA) is 49.8 Å². The highest BCUT2D eigenvalue weighted by Crippen LogP contribution is 2.18. The molecule has 0 aromatic carbocycles. The molecule has 1 saturated heterocycles. The summed E-state index contributed by atoms with van der Waals surface area (Å²) >= 11 is 0. The van der Waals surface area contributed by atoms with Crippen LogP contribution in [0.25, 0.3) is 0 Å². The number of hydrogen-bond acceptors (Lipinski definition) is 4. The van der Waals surface area contributed by atoms with Crippen LogP contribution in [-0.2, 0) is 9.53 Å². The maximum Gasteiger partial charge on any atom is 0.309 e. The standard InChI is InChI=1S/C9H17NO3/c1-6(9(12)13-3)7(2)10-4-8(11)5-10/h6-8,11H,4-5H2,1-3H3. The minimum Gasteiger partial charge on any atom is -0.469 e. The van der Waals surface area contributed by atoms with Gasteiger partial charge in [0.05, 0.1) is 19.1 Å². The van der Waals surface area contributed by atoms with Crippen molar-refractivity contribution in [2.75, 3.05) is 20.2 Å². The number of esters is 1. The Balaban J connectivity index is 2.38. The number of hydrogen-bond donors (Lipinski definition) is 1. The summed E-state index contributed by atoms with van der Waals surface area (Å²) in [7, 11) is 1.40. The quantitative estimate of drug-likeness (QED) is 0.625. The van der Waals surface area contributed by atoms with Gasteiger partial charge in [0, 0.05) is 19.1 Å². The van der Waals surface area contributed by atoms with Gasteiger partial charge in [0.2, 0.25) is 0 Å². The van der Waals surface area contributed by atoms with Gasteiger partial charge in [0.1, 0.15) is 0 Å². The number of ether oxygens (including phenoxy) is 1. The Bertz CT molecular complexity index is 189. The number of β-amino-alcohol motifs (C(OH)–C–C–N with tert-alkyl or cyclic N) is 1. The van der Waals surface area contributed by atoms with Gasteiger partial charge in [-0.2, -0.15) is 0 Å². The van der Waals surface area contributed by atoms with Crippen LogP contribution in [0.2, 0.25) is 0 Å². The average molecular weight is 187 g/mol. The van der Waals surface area contributed by atoms with Gasteiger partial charge >= 0.3 is 5.97 Å². The van der Waals surface area contributed by atoms with E-state index in [9.17, 15) is 4.79 Å². The van der Waals surface area contributed by atoms with E-state index in [-0.39, 0.29) is 24.0 Å². The largest absolute Gasteiger partial charge is 0.469 e. The molecule has 13 heavy (non-hydrogen) atoms. The second kappa shape index (κ2) is 4.07. The molecule has 0 amide bonds.